The maximum Gasteiger partial charge on any atom is 0.233 e. The van der Waals surface area contributed by atoms with E-state index in [9.17, 15) is 4.39 Å². The molecule has 0 saturated carbocycles. The Labute approximate surface area is 110 Å². The van der Waals surface area contributed by atoms with Crippen molar-refractivity contribution in [3.8, 4) is 0 Å². The van der Waals surface area contributed by atoms with E-state index >= 15 is 0 Å². The van der Waals surface area contributed by atoms with Gasteiger partial charge in [-0.25, -0.2) is 4.39 Å². The van der Waals surface area contributed by atoms with Gasteiger partial charge in [-0.1, -0.05) is 6.07 Å². The highest BCUT2D eigenvalue weighted by Crippen LogP contribution is 2.21. The van der Waals surface area contributed by atoms with Gasteiger partial charge >= 0.3 is 0 Å². The monoisotopic (exact) mass is 262 g/mol. The number of halogens is 1. The van der Waals surface area contributed by atoms with Crippen LogP contribution in [0.25, 0.3) is 0 Å². The third kappa shape index (κ3) is 2.87. The molecule has 7 heteroatoms. The molecule has 0 bridgehead atoms. The summed E-state index contributed by atoms with van der Waals surface area (Å²) in [5.41, 5.74) is 6.70. The molecule has 100 valence electrons. The normalized spacial score (nSPS) is 10.3. The van der Waals surface area contributed by atoms with Gasteiger partial charge in [0.05, 0.1) is 0 Å². The molecule has 0 fully saturated rings. The minimum atomic E-state index is -0.292. The minimum absolute atomic E-state index is 0.107. The number of hydrogen-bond acceptors (Lipinski definition) is 6. The second kappa shape index (κ2) is 5.05. The lowest BCUT2D eigenvalue weighted by Crippen LogP contribution is -2.15. The molecule has 0 spiro atoms. The van der Waals surface area contributed by atoms with Crippen LogP contribution in [0.5, 0.6) is 0 Å². The zero-order valence-corrected chi connectivity index (χ0v) is 11.0. The van der Waals surface area contributed by atoms with Gasteiger partial charge in [-0.3, -0.25) is 0 Å². The third-order valence-corrected chi connectivity index (χ3v) is 2.56. The van der Waals surface area contributed by atoms with Crippen LogP contribution in [0.15, 0.2) is 18.2 Å². The van der Waals surface area contributed by atoms with Crippen molar-refractivity contribution < 1.29 is 4.39 Å². The summed E-state index contributed by atoms with van der Waals surface area (Å²) in [6, 6.07) is 4.75. The van der Waals surface area contributed by atoms with Gasteiger partial charge in [-0.05, 0) is 19.1 Å². The van der Waals surface area contributed by atoms with Gasteiger partial charge in [0.2, 0.25) is 17.8 Å². The first-order valence-corrected chi connectivity index (χ1v) is 5.68. The largest absolute Gasteiger partial charge is 0.368 e. The number of anilines is 4. The average Bonchev–Trinajstić information content (AvgIpc) is 2.34. The molecule has 1 heterocycles. The molecule has 0 saturated heterocycles. The Morgan fingerprint density at radius 2 is 1.95 bits per heavy atom. The maximum absolute atomic E-state index is 13.4. The van der Waals surface area contributed by atoms with Crippen molar-refractivity contribution in [2.24, 2.45) is 0 Å². The summed E-state index contributed by atoms with van der Waals surface area (Å²) in [4.78, 5) is 13.9. The molecule has 1 aromatic carbocycles. The number of aromatic nitrogens is 3. The predicted molar refractivity (Wildman–Crippen MR) is 73.0 cm³/mol. The summed E-state index contributed by atoms with van der Waals surface area (Å²) in [6.45, 7) is 1.68. The molecule has 0 amide bonds. The van der Waals surface area contributed by atoms with Gasteiger partial charge in [-0.2, -0.15) is 15.0 Å². The second-order valence-corrected chi connectivity index (χ2v) is 4.25. The van der Waals surface area contributed by atoms with Crippen LogP contribution < -0.4 is 16.0 Å². The number of nitrogen functional groups attached to an aromatic ring is 1. The average molecular weight is 262 g/mol. The number of benzene rings is 1. The number of nitrogens with one attached hydrogen (secondary N) is 1. The molecule has 6 nitrogen and oxygen atoms in total. The fourth-order valence-electron chi connectivity index (χ4n) is 1.50. The van der Waals surface area contributed by atoms with Crippen molar-refractivity contribution in [1.82, 2.24) is 15.0 Å². The Morgan fingerprint density at radius 1 is 1.21 bits per heavy atom. The standard InChI is InChI=1S/C12H15FN6/c1-7-8(13)5-4-6-9(7)15-11-16-10(14)17-12(18-11)19(2)3/h4-6H,1-3H3,(H3,14,15,16,17,18). The smallest absolute Gasteiger partial charge is 0.233 e. The number of nitrogens with two attached hydrogens (primary N) is 1. The molecule has 2 aromatic rings. The van der Waals surface area contributed by atoms with Crippen LogP contribution in [0.2, 0.25) is 0 Å². The number of rotatable bonds is 3. The predicted octanol–water partition coefficient (Wildman–Crippen LogP) is 1.71. The van der Waals surface area contributed by atoms with Crippen molar-refractivity contribution >= 4 is 23.5 Å². The van der Waals surface area contributed by atoms with Crippen LogP contribution in [0.3, 0.4) is 0 Å². The van der Waals surface area contributed by atoms with Gasteiger partial charge in [0, 0.05) is 25.3 Å². The van der Waals surface area contributed by atoms with Crippen LogP contribution in [0.1, 0.15) is 5.56 Å². The van der Waals surface area contributed by atoms with Crippen molar-refractivity contribution in [3.05, 3.63) is 29.6 Å². The molecule has 0 aliphatic rings. The Morgan fingerprint density at radius 3 is 2.63 bits per heavy atom. The highest BCUT2D eigenvalue weighted by atomic mass is 19.1. The Bertz CT molecular complexity index is 599. The van der Waals surface area contributed by atoms with E-state index in [2.05, 4.69) is 20.3 Å². The highest BCUT2D eigenvalue weighted by Gasteiger charge is 2.09. The first-order valence-electron chi connectivity index (χ1n) is 5.68. The Kier molecular flexibility index (Phi) is 3.46. The van der Waals surface area contributed by atoms with E-state index < -0.39 is 0 Å². The molecule has 19 heavy (non-hydrogen) atoms. The zero-order valence-electron chi connectivity index (χ0n) is 11.0. The van der Waals surface area contributed by atoms with Crippen LogP contribution in [-0.2, 0) is 0 Å². The van der Waals surface area contributed by atoms with Crippen molar-refractivity contribution in [1.29, 1.82) is 0 Å². The fourth-order valence-corrected chi connectivity index (χ4v) is 1.50. The number of nitrogens with zero attached hydrogens (tertiary/aromatic N) is 4. The summed E-state index contributed by atoms with van der Waals surface area (Å²) >= 11 is 0. The molecular formula is C12H15FN6. The van der Waals surface area contributed by atoms with Gasteiger partial charge in [0.15, 0.2) is 0 Å². The topological polar surface area (TPSA) is 80.0 Å². The van der Waals surface area contributed by atoms with E-state index in [1.807, 2.05) is 0 Å². The fraction of sp³-hybridized carbons (Fsp3) is 0.250. The van der Waals surface area contributed by atoms with E-state index in [-0.39, 0.29) is 17.7 Å². The summed E-state index contributed by atoms with van der Waals surface area (Å²) in [5, 5.41) is 2.94. The van der Waals surface area contributed by atoms with Gasteiger partial charge in [-0.15, -0.1) is 0 Å². The SMILES string of the molecule is Cc1c(F)cccc1Nc1nc(N)nc(N(C)C)n1. The Balaban J connectivity index is 2.35. The molecule has 3 N–H and O–H groups in total. The van der Waals surface area contributed by atoms with Crippen LogP contribution in [0, 0.1) is 12.7 Å². The molecular weight excluding hydrogens is 247 g/mol. The van der Waals surface area contributed by atoms with E-state index in [0.29, 0.717) is 17.2 Å². The van der Waals surface area contributed by atoms with Crippen LogP contribution in [0.4, 0.5) is 27.9 Å². The summed E-state index contributed by atoms with van der Waals surface area (Å²) in [5.74, 6) is 0.532. The second-order valence-electron chi connectivity index (χ2n) is 4.25. The van der Waals surface area contributed by atoms with Gasteiger partial charge in [0.25, 0.3) is 0 Å². The number of hydrogen-bond donors (Lipinski definition) is 2. The molecule has 2 rings (SSSR count). The van der Waals surface area contributed by atoms with E-state index in [1.54, 1.807) is 38.1 Å². The van der Waals surface area contributed by atoms with Crippen LogP contribution >= 0.6 is 0 Å². The lowest BCUT2D eigenvalue weighted by Gasteiger charge is -2.13. The molecule has 0 atom stereocenters. The maximum atomic E-state index is 13.4. The summed E-state index contributed by atoms with van der Waals surface area (Å²) in [7, 11) is 3.60. The van der Waals surface area contributed by atoms with E-state index in [0.717, 1.165) is 0 Å². The quantitative estimate of drug-likeness (QED) is 0.876. The van der Waals surface area contributed by atoms with E-state index in [4.69, 9.17) is 5.73 Å². The highest BCUT2D eigenvalue weighted by molar-refractivity contribution is 5.59. The summed E-state index contributed by atoms with van der Waals surface area (Å²) in [6.07, 6.45) is 0. The molecule has 1 aromatic heterocycles. The minimum Gasteiger partial charge on any atom is -0.368 e. The lowest BCUT2D eigenvalue weighted by molar-refractivity contribution is 0.619. The van der Waals surface area contributed by atoms with Gasteiger partial charge < -0.3 is 16.0 Å². The molecule has 0 unspecified atom stereocenters. The molecule has 0 aliphatic heterocycles. The summed E-state index contributed by atoms with van der Waals surface area (Å²) < 4.78 is 13.4. The van der Waals surface area contributed by atoms with Crippen molar-refractivity contribution in [3.63, 3.8) is 0 Å². The first-order chi connectivity index (χ1) is 8.97. The van der Waals surface area contributed by atoms with Crippen molar-refractivity contribution in [2.75, 3.05) is 30.0 Å². The van der Waals surface area contributed by atoms with Crippen molar-refractivity contribution in [2.45, 2.75) is 6.92 Å². The van der Waals surface area contributed by atoms with Crippen LogP contribution in [-0.4, -0.2) is 29.0 Å². The molecule has 0 aliphatic carbocycles. The first kappa shape index (κ1) is 13.0. The van der Waals surface area contributed by atoms with E-state index in [1.165, 1.54) is 6.07 Å². The lowest BCUT2D eigenvalue weighted by atomic mass is 10.2. The molecule has 0 radical (unpaired) electrons. The zero-order chi connectivity index (χ0) is 14.0. The Hall–Kier alpha value is -2.44. The third-order valence-electron chi connectivity index (χ3n) is 2.56. The van der Waals surface area contributed by atoms with Gasteiger partial charge in [0.1, 0.15) is 5.82 Å².